The maximum Gasteiger partial charge on any atom is 0.283 e. The molecule has 0 bridgehead atoms. The number of rotatable bonds is 6. The van der Waals surface area contributed by atoms with Crippen LogP contribution in [0.1, 0.15) is 20.3 Å². The van der Waals surface area contributed by atoms with E-state index >= 15 is 0 Å². The van der Waals surface area contributed by atoms with Crippen LogP contribution in [0.3, 0.4) is 0 Å². The van der Waals surface area contributed by atoms with E-state index in [0.29, 0.717) is 23.5 Å². The summed E-state index contributed by atoms with van der Waals surface area (Å²) in [6.07, 6.45) is 2.53. The topological polar surface area (TPSA) is 72.9 Å². The fourth-order valence-corrected chi connectivity index (χ4v) is 1.84. The van der Waals surface area contributed by atoms with Gasteiger partial charge in [0.15, 0.2) is 0 Å². The van der Waals surface area contributed by atoms with Crippen molar-refractivity contribution in [1.29, 1.82) is 0 Å². The number of aromatic nitrogens is 2. The van der Waals surface area contributed by atoms with Crippen molar-refractivity contribution in [3.05, 3.63) is 21.0 Å². The van der Waals surface area contributed by atoms with Gasteiger partial charge in [0.05, 0.1) is 11.9 Å². The maximum absolute atomic E-state index is 11.9. The molecule has 0 atom stereocenters. The molecule has 0 unspecified atom stereocenters. The molecule has 1 rings (SSSR count). The average molecular weight is 303 g/mol. The number of halogens is 1. The van der Waals surface area contributed by atoms with Gasteiger partial charge in [-0.2, -0.15) is 5.10 Å². The number of anilines is 1. The van der Waals surface area contributed by atoms with Crippen LogP contribution in [-0.4, -0.2) is 22.9 Å². The molecule has 6 heteroatoms. The normalized spacial score (nSPS) is 10.9. The van der Waals surface area contributed by atoms with Crippen molar-refractivity contribution < 1.29 is 0 Å². The molecule has 0 saturated carbocycles. The van der Waals surface area contributed by atoms with Gasteiger partial charge in [0.2, 0.25) is 0 Å². The van der Waals surface area contributed by atoms with E-state index in [4.69, 9.17) is 5.73 Å². The second-order valence-corrected chi connectivity index (χ2v) is 5.12. The number of nitrogens with one attached hydrogen (secondary N) is 1. The molecule has 17 heavy (non-hydrogen) atoms. The van der Waals surface area contributed by atoms with Crippen molar-refractivity contribution in [3.63, 3.8) is 0 Å². The smallest absolute Gasteiger partial charge is 0.283 e. The maximum atomic E-state index is 11.9. The molecule has 0 radical (unpaired) electrons. The van der Waals surface area contributed by atoms with Crippen LogP contribution in [0.4, 0.5) is 5.69 Å². The summed E-state index contributed by atoms with van der Waals surface area (Å²) in [5, 5.41) is 7.27. The van der Waals surface area contributed by atoms with Crippen LogP contribution in [0.5, 0.6) is 0 Å². The van der Waals surface area contributed by atoms with Gasteiger partial charge in [-0.05, 0) is 34.8 Å². The Morgan fingerprint density at radius 2 is 2.29 bits per heavy atom. The third-order valence-corrected chi connectivity index (χ3v) is 2.99. The largest absolute Gasteiger partial charge is 0.383 e. The van der Waals surface area contributed by atoms with Crippen molar-refractivity contribution in [2.24, 2.45) is 11.7 Å². The van der Waals surface area contributed by atoms with Gasteiger partial charge in [-0.15, -0.1) is 0 Å². The first kappa shape index (κ1) is 14.2. The number of nitrogens with two attached hydrogens (primary N) is 1. The van der Waals surface area contributed by atoms with E-state index in [1.807, 2.05) is 0 Å². The first-order valence-electron chi connectivity index (χ1n) is 5.75. The molecule has 0 saturated heterocycles. The second kappa shape index (κ2) is 6.76. The Balaban J connectivity index is 2.83. The minimum atomic E-state index is -0.101. The summed E-state index contributed by atoms with van der Waals surface area (Å²) >= 11 is 3.31. The molecule has 5 nitrogen and oxygen atoms in total. The lowest BCUT2D eigenvalue weighted by Gasteiger charge is -2.11. The van der Waals surface area contributed by atoms with Crippen LogP contribution in [0.2, 0.25) is 0 Å². The zero-order valence-corrected chi connectivity index (χ0v) is 11.8. The van der Waals surface area contributed by atoms with Crippen molar-refractivity contribution in [3.8, 4) is 0 Å². The van der Waals surface area contributed by atoms with Crippen LogP contribution < -0.4 is 16.6 Å². The minimum absolute atomic E-state index is 0.101. The monoisotopic (exact) mass is 302 g/mol. The lowest BCUT2D eigenvalue weighted by molar-refractivity contribution is 0.462. The van der Waals surface area contributed by atoms with Gasteiger partial charge in [0.1, 0.15) is 4.47 Å². The fraction of sp³-hybridized carbons (Fsp3) is 0.636. The Morgan fingerprint density at radius 1 is 1.59 bits per heavy atom. The predicted octanol–water partition coefficient (Wildman–Crippen LogP) is 1.42. The van der Waals surface area contributed by atoms with Gasteiger partial charge >= 0.3 is 0 Å². The molecular weight excluding hydrogens is 284 g/mol. The van der Waals surface area contributed by atoms with Gasteiger partial charge in [-0.3, -0.25) is 4.79 Å². The summed E-state index contributed by atoms with van der Waals surface area (Å²) in [5.74, 6) is 0.392. The van der Waals surface area contributed by atoms with Gasteiger partial charge in [-0.1, -0.05) is 13.8 Å². The Kier molecular flexibility index (Phi) is 5.64. The molecule has 3 N–H and O–H groups in total. The summed E-state index contributed by atoms with van der Waals surface area (Å²) in [6.45, 7) is 6.10. The molecular formula is C11H19BrN4O. The van der Waals surface area contributed by atoms with Gasteiger partial charge in [-0.25, -0.2) is 4.68 Å². The Bertz CT molecular complexity index is 416. The van der Waals surface area contributed by atoms with Crippen LogP contribution >= 0.6 is 15.9 Å². The average Bonchev–Trinajstić information content (AvgIpc) is 2.28. The van der Waals surface area contributed by atoms with Crippen molar-refractivity contribution in [1.82, 2.24) is 9.78 Å². The van der Waals surface area contributed by atoms with E-state index < -0.39 is 0 Å². The Labute approximate surface area is 110 Å². The van der Waals surface area contributed by atoms with E-state index in [-0.39, 0.29) is 5.56 Å². The first-order chi connectivity index (χ1) is 8.06. The highest BCUT2D eigenvalue weighted by Crippen LogP contribution is 2.16. The molecule has 1 aromatic heterocycles. The summed E-state index contributed by atoms with van der Waals surface area (Å²) in [4.78, 5) is 11.9. The Hall–Kier alpha value is -0.880. The summed E-state index contributed by atoms with van der Waals surface area (Å²) < 4.78 is 2.01. The third kappa shape index (κ3) is 4.12. The SMILES string of the molecule is CC(C)Cn1ncc(NCCCN)c(Br)c1=O. The lowest BCUT2D eigenvalue weighted by Crippen LogP contribution is -2.26. The van der Waals surface area contributed by atoms with Crippen LogP contribution in [0.25, 0.3) is 0 Å². The zero-order chi connectivity index (χ0) is 12.8. The lowest BCUT2D eigenvalue weighted by atomic mass is 10.2. The van der Waals surface area contributed by atoms with E-state index in [1.54, 1.807) is 6.20 Å². The van der Waals surface area contributed by atoms with Crippen molar-refractivity contribution in [2.75, 3.05) is 18.4 Å². The highest BCUT2D eigenvalue weighted by Gasteiger charge is 2.09. The zero-order valence-electron chi connectivity index (χ0n) is 10.2. The molecule has 0 aromatic carbocycles. The first-order valence-corrected chi connectivity index (χ1v) is 6.55. The van der Waals surface area contributed by atoms with Crippen molar-refractivity contribution in [2.45, 2.75) is 26.8 Å². The third-order valence-electron chi connectivity index (χ3n) is 2.22. The molecule has 0 fully saturated rings. The summed E-state index contributed by atoms with van der Waals surface area (Å²) in [6, 6.07) is 0. The molecule has 96 valence electrons. The molecule has 0 aliphatic rings. The highest BCUT2D eigenvalue weighted by molar-refractivity contribution is 9.10. The predicted molar refractivity (Wildman–Crippen MR) is 73.2 cm³/mol. The Morgan fingerprint density at radius 3 is 2.88 bits per heavy atom. The van der Waals surface area contributed by atoms with E-state index in [1.165, 1.54) is 4.68 Å². The van der Waals surface area contributed by atoms with E-state index in [9.17, 15) is 4.79 Å². The van der Waals surface area contributed by atoms with Crippen molar-refractivity contribution >= 4 is 21.6 Å². The molecule has 0 aliphatic carbocycles. The standard InChI is InChI=1S/C11H19BrN4O/c1-8(2)7-16-11(17)10(12)9(6-15-16)14-5-3-4-13/h6,8,14H,3-5,7,13H2,1-2H3. The summed E-state index contributed by atoms with van der Waals surface area (Å²) in [5.41, 5.74) is 6.03. The van der Waals surface area contributed by atoms with Crippen LogP contribution in [0.15, 0.2) is 15.5 Å². The van der Waals surface area contributed by atoms with Crippen LogP contribution in [-0.2, 0) is 6.54 Å². The molecule has 0 aliphatic heterocycles. The number of hydrogen-bond acceptors (Lipinski definition) is 4. The highest BCUT2D eigenvalue weighted by atomic mass is 79.9. The quantitative estimate of drug-likeness (QED) is 0.780. The number of hydrogen-bond donors (Lipinski definition) is 2. The van der Waals surface area contributed by atoms with E-state index in [0.717, 1.165) is 18.7 Å². The molecule has 1 aromatic rings. The molecule has 1 heterocycles. The second-order valence-electron chi connectivity index (χ2n) is 4.32. The van der Waals surface area contributed by atoms with Gasteiger partial charge in [0, 0.05) is 13.1 Å². The minimum Gasteiger partial charge on any atom is -0.383 e. The fourth-order valence-electron chi connectivity index (χ4n) is 1.39. The molecule has 0 spiro atoms. The summed E-state index contributed by atoms with van der Waals surface area (Å²) in [7, 11) is 0. The van der Waals surface area contributed by atoms with Gasteiger partial charge in [0.25, 0.3) is 5.56 Å². The number of nitrogens with zero attached hydrogens (tertiary/aromatic N) is 2. The molecule has 0 amide bonds. The van der Waals surface area contributed by atoms with Gasteiger partial charge < -0.3 is 11.1 Å². The van der Waals surface area contributed by atoms with E-state index in [2.05, 4.69) is 40.2 Å². The van der Waals surface area contributed by atoms with Crippen LogP contribution in [0, 0.1) is 5.92 Å².